The summed E-state index contributed by atoms with van der Waals surface area (Å²) >= 11 is 0. The molecule has 92 valence electrons. The van der Waals surface area contributed by atoms with Gasteiger partial charge in [-0.25, -0.2) is 9.97 Å². The molecule has 1 saturated carbocycles. The zero-order chi connectivity index (χ0) is 11.7. The topological polar surface area (TPSA) is 53.1 Å². The predicted molar refractivity (Wildman–Crippen MR) is 68.4 cm³/mol. The van der Waals surface area contributed by atoms with E-state index in [0.29, 0.717) is 12.1 Å². The Balaban J connectivity index is 1.62. The number of likely N-dealkylation sites (N-methyl/N-ethyl adjacent to an activating group) is 1. The monoisotopic (exact) mass is 233 g/mol. The fraction of sp³-hybridized carbons (Fsp3) is 0.667. The molecule has 0 unspecified atom stereocenters. The molecule has 0 spiro atoms. The Morgan fingerprint density at radius 3 is 2.71 bits per heavy atom. The van der Waals surface area contributed by atoms with E-state index in [0.717, 1.165) is 24.7 Å². The lowest BCUT2D eigenvalue weighted by Crippen LogP contribution is -2.57. The molecule has 2 aliphatic rings. The molecular weight excluding hydrogens is 214 g/mol. The molecule has 2 heterocycles. The van der Waals surface area contributed by atoms with Crippen LogP contribution >= 0.6 is 0 Å². The van der Waals surface area contributed by atoms with Crippen molar-refractivity contribution in [2.24, 2.45) is 0 Å². The Hall–Kier alpha value is -1.36. The fourth-order valence-corrected chi connectivity index (χ4v) is 2.21. The third kappa shape index (κ3) is 2.20. The Kier molecular flexibility index (Phi) is 2.84. The summed E-state index contributed by atoms with van der Waals surface area (Å²) in [5.41, 5.74) is 0. The average Bonchev–Trinajstić information content (AvgIpc) is 2.23. The minimum atomic E-state index is 0.605. The van der Waals surface area contributed by atoms with Crippen LogP contribution in [0.15, 0.2) is 12.4 Å². The average molecular weight is 233 g/mol. The summed E-state index contributed by atoms with van der Waals surface area (Å²) in [4.78, 5) is 10.9. The van der Waals surface area contributed by atoms with E-state index in [-0.39, 0.29) is 0 Å². The lowest BCUT2D eigenvalue weighted by atomic mass is 9.93. The van der Waals surface area contributed by atoms with E-state index in [4.69, 9.17) is 0 Å². The molecule has 2 N–H and O–H groups in total. The highest BCUT2D eigenvalue weighted by molar-refractivity contribution is 5.51. The van der Waals surface area contributed by atoms with Crippen LogP contribution in [0.1, 0.15) is 19.3 Å². The van der Waals surface area contributed by atoms with Gasteiger partial charge >= 0.3 is 0 Å². The molecule has 2 fully saturated rings. The summed E-state index contributed by atoms with van der Waals surface area (Å²) < 4.78 is 0. The van der Waals surface area contributed by atoms with Gasteiger partial charge in [0.25, 0.3) is 0 Å². The largest absolute Gasteiger partial charge is 0.367 e. The molecule has 0 aromatic carbocycles. The van der Waals surface area contributed by atoms with Gasteiger partial charge in [-0.3, -0.25) is 0 Å². The van der Waals surface area contributed by atoms with E-state index >= 15 is 0 Å². The molecule has 0 bridgehead atoms. The third-order valence-electron chi connectivity index (χ3n) is 3.72. The summed E-state index contributed by atoms with van der Waals surface area (Å²) in [5.74, 6) is 2.00. The standard InChI is InChI=1S/C12H19N5/c1-13-10-6-17(7-10)12-5-11(14-8-15-12)16-9-3-2-4-9/h5,8-10,13H,2-4,6-7H2,1H3,(H,14,15,16). The van der Waals surface area contributed by atoms with Gasteiger partial charge in [0, 0.05) is 31.2 Å². The van der Waals surface area contributed by atoms with Gasteiger partial charge in [0.15, 0.2) is 0 Å². The molecule has 1 aliphatic heterocycles. The van der Waals surface area contributed by atoms with Crippen LogP contribution in [0.4, 0.5) is 11.6 Å². The lowest BCUT2D eigenvalue weighted by Gasteiger charge is -2.40. The first kappa shape index (κ1) is 10.8. The van der Waals surface area contributed by atoms with E-state index in [9.17, 15) is 0 Å². The first-order valence-electron chi connectivity index (χ1n) is 6.36. The first-order valence-corrected chi connectivity index (χ1v) is 6.36. The molecule has 0 amide bonds. The number of nitrogens with one attached hydrogen (secondary N) is 2. The van der Waals surface area contributed by atoms with Crippen molar-refractivity contribution in [3.63, 3.8) is 0 Å². The minimum absolute atomic E-state index is 0.605. The smallest absolute Gasteiger partial charge is 0.134 e. The SMILES string of the molecule is CNC1CN(c2cc(NC3CCC3)ncn2)C1. The molecule has 1 saturated heterocycles. The van der Waals surface area contributed by atoms with Gasteiger partial charge in [-0.05, 0) is 26.3 Å². The van der Waals surface area contributed by atoms with Crippen molar-refractivity contribution in [2.45, 2.75) is 31.3 Å². The highest BCUT2D eigenvalue weighted by atomic mass is 15.3. The van der Waals surface area contributed by atoms with E-state index in [1.54, 1.807) is 6.33 Å². The molecule has 5 nitrogen and oxygen atoms in total. The van der Waals surface area contributed by atoms with Crippen molar-refractivity contribution in [3.8, 4) is 0 Å². The van der Waals surface area contributed by atoms with Crippen LogP contribution in [0, 0.1) is 0 Å². The molecule has 1 aromatic heterocycles. The molecule has 0 radical (unpaired) electrons. The van der Waals surface area contributed by atoms with Gasteiger partial charge in [-0.2, -0.15) is 0 Å². The van der Waals surface area contributed by atoms with Gasteiger partial charge in [-0.1, -0.05) is 0 Å². The minimum Gasteiger partial charge on any atom is -0.367 e. The first-order chi connectivity index (χ1) is 8.35. The Labute approximate surface area is 102 Å². The van der Waals surface area contributed by atoms with E-state index in [1.165, 1.54) is 19.3 Å². The highest BCUT2D eigenvalue weighted by Gasteiger charge is 2.26. The second-order valence-electron chi connectivity index (χ2n) is 4.92. The van der Waals surface area contributed by atoms with Crippen LogP contribution in [-0.2, 0) is 0 Å². The van der Waals surface area contributed by atoms with Gasteiger partial charge in [0.2, 0.25) is 0 Å². The van der Waals surface area contributed by atoms with Gasteiger partial charge < -0.3 is 15.5 Å². The predicted octanol–water partition coefficient (Wildman–Crippen LogP) is 0.849. The molecule has 5 heteroatoms. The maximum atomic E-state index is 4.33. The maximum Gasteiger partial charge on any atom is 0.134 e. The Morgan fingerprint density at radius 2 is 2.06 bits per heavy atom. The van der Waals surface area contributed by atoms with Gasteiger partial charge in [-0.15, -0.1) is 0 Å². The van der Waals surface area contributed by atoms with Crippen LogP contribution in [0.5, 0.6) is 0 Å². The van der Waals surface area contributed by atoms with Crippen molar-refractivity contribution in [2.75, 3.05) is 30.4 Å². The Morgan fingerprint density at radius 1 is 1.24 bits per heavy atom. The highest BCUT2D eigenvalue weighted by Crippen LogP contribution is 2.24. The number of hydrogen-bond donors (Lipinski definition) is 2. The number of anilines is 2. The molecule has 1 aromatic rings. The molecule has 17 heavy (non-hydrogen) atoms. The van der Waals surface area contributed by atoms with E-state index in [1.807, 2.05) is 7.05 Å². The normalized spacial score (nSPS) is 20.9. The quantitative estimate of drug-likeness (QED) is 0.807. The summed E-state index contributed by atoms with van der Waals surface area (Å²) in [5, 5.41) is 6.72. The van der Waals surface area contributed by atoms with Crippen LogP contribution in [0.2, 0.25) is 0 Å². The van der Waals surface area contributed by atoms with Crippen LogP contribution in [0.3, 0.4) is 0 Å². The molecule has 0 atom stereocenters. The summed E-state index contributed by atoms with van der Waals surface area (Å²) in [6.07, 6.45) is 5.53. The second-order valence-corrected chi connectivity index (χ2v) is 4.92. The summed E-state index contributed by atoms with van der Waals surface area (Å²) in [6.45, 7) is 2.08. The summed E-state index contributed by atoms with van der Waals surface area (Å²) in [7, 11) is 2.01. The van der Waals surface area contributed by atoms with E-state index < -0.39 is 0 Å². The number of aromatic nitrogens is 2. The van der Waals surface area contributed by atoms with Crippen molar-refractivity contribution in [1.29, 1.82) is 0 Å². The number of rotatable bonds is 4. The van der Waals surface area contributed by atoms with Gasteiger partial charge in [0.1, 0.15) is 18.0 Å². The van der Waals surface area contributed by atoms with Crippen molar-refractivity contribution >= 4 is 11.6 Å². The van der Waals surface area contributed by atoms with Crippen LogP contribution in [-0.4, -0.2) is 42.2 Å². The van der Waals surface area contributed by atoms with Gasteiger partial charge in [0.05, 0.1) is 0 Å². The zero-order valence-electron chi connectivity index (χ0n) is 10.2. The molecule has 1 aliphatic carbocycles. The second kappa shape index (κ2) is 4.49. The van der Waals surface area contributed by atoms with Crippen LogP contribution < -0.4 is 15.5 Å². The zero-order valence-corrected chi connectivity index (χ0v) is 10.2. The van der Waals surface area contributed by atoms with E-state index in [2.05, 4.69) is 31.6 Å². The maximum absolute atomic E-state index is 4.33. The lowest BCUT2D eigenvalue weighted by molar-refractivity contribution is 0.442. The van der Waals surface area contributed by atoms with Crippen molar-refractivity contribution in [3.05, 3.63) is 12.4 Å². The van der Waals surface area contributed by atoms with Crippen molar-refractivity contribution < 1.29 is 0 Å². The molecule has 3 rings (SSSR count). The fourth-order valence-electron chi connectivity index (χ4n) is 2.21. The third-order valence-corrected chi connectivity index (χ3v) is 3.72. The number of nitrogens with zero attached hydrogens (tertiary/aromatic N) is 3. The summed E-state index contributed by atoms with van der Waals surface area (Å²) in [6, 6.07) is 3.29. The number of hydrogen-bond acceptors (Lipinski definition) is 5. The van der Waals surface area contributed by atoms with Crippen molar-refractivity contribution in [1.82, 2.24) is 15.3 Å². The Bertz CT molecular complexity index is 384. The van der Waals surface area contributed by atoms with Crippen LogP contribution in [0.25, 0.3) is 0 Å². The molecular formula is C12H19N5.